The van der Waals surface area contributed by atoms with E-state index in [9.17, 15) is 9.59 Å². The summed E-state index contributed by atoms with van der Waals surface area (Å²) in [5.41, 5.74) is 3.95. The molecule has 0 bridgehead atoms. The van der Waals surface area contributed by atoms with Gasteiger partial charge in [-0.25, -0.2) is 0 Å². The van der Waals surface area contributed by atoms with Crippen molar-refractivity contribution >= 4 is 29.3 Å². The number of rotatable bonds is 8. The van der Waals surface area contributed by atoms with Crippen LogP contribution in [0.4, 0.5) is 5.69 Å². The van der Waals surface area contributed by atoms with Gasteiger partial charge in [0.1, 0.15) is 5.82 Å². The number of hydrogen-bond acceptors (Lipinski definition) is 5. The molecule has 8 heteroatoms. The highest BCUT2D eigenvalue weighted by atomic mass is 32.2. The smallest absolute Gasteiger partial charge is 0.253 e. The fourth-order valence-electron chi connectivity index (χ4n) is 3.73. The van der Waals surface area contributed by atoms with E-state index in [1.54, 1.807) is 24.3 Å². The van der Waals surface area contributed by atoms with Gasteiger partial charge in [-0.3, -0.25) is 14.2 Å². The Hall–Kier alpha value is -3.91. The maximum atomic E-state index is 13.0. The first-order valence-electron chi connectivity index (χ1n) is 11.3. The molecule has 1 unspecified atom stereocenters. The van der Waals surface area contributed by atoms with E-state index in [1.807, 2.05) is 79.9 Å². The van der Waals surface area contributed by atoms with Crippen LogP contribution in [-0.4, -0.2) is 32.3 Å². The largest absolute Gasteiger partial charge is 0.345 e. The minimum absolute atomic E-state index is 0.125. The summed E-state index contributed by atoms with van der Waals surface area (Å²) in [7, 11) is 0. The molecule has 0 aliphatic heterocycles. The highest BCUT2D eigenvalue weighted by Crippen LogP contribution is 2.24. The van der Waals surface area contributed by atoms with Crippen molar-refractivity contribution in [1.29, 1.82) is 0 Å². The molecular formula is C27H27N5O2S. The molecule has 3 aromatic carbocycles. The third-order valence-corrected chi connectivity index (χ3v) is 6.51. The number of amides is 2. The molecule has 4 rings (SSSR count). The standard InChI is InChI=1S/C27H27N5O2S/c1-18-11-7-10-16-24(18)32-20(3)30-31-27(32)35-17-25(33)29-23-15-9-8-14-22(23)26(34)28-19(2)21-12-5-4-6-13-21/h4-16,19H,17H2,1-3H3,(H,28,34)(H,29,33). The lowest BCUT2D eigenvalue weighted by Crippen LogP contribution is -2.28. The molecule has 1 aromatic heterocycles. The first kappa shape index (κ1) is 24.2. The van der Waals surface area contributed by atoms with Gasteiger partial charge in [-0.1, -0.05) is 72.4 Å². The van der Waals surface area contributed by atoms with Gasteiger partial charge in [0.25, 0.3) is 5.91 Å². The molecule has 0 radical (unpaired) electrons. The van der Waals surface area contributed by atoms with E-state index in [1.165, 1.54) is 11.8 Å². The molecule has 1 heterocycles. The summed E-state index contributed by atoms with van der Waals surface area (Å²) in [6.45, 7) is 5.84. The van der Waals surface area contributed by atoms with Crippen molar-refractivity contribution in [2.45, 2.75) is 32.0 Å². The van der Waals surface area contributed by atoms with Crippen molar-refractivity contribution in [2.75, 3.05) is 11.1 Å². The van der Waals surface area contributed by atoms with Gasteiger partial charge in [0, 0.05) is 0 Å². The van der Waals surface area contributed by atoms with Gasteiger partial charge in [0.2, 0.25) is 5.91 Å². The number of anilines is 1. The lowest BCUT2D eigenvalue weighted by Gasteiger charge is -2.16. The Bertz CT molecular complexity index is 1340. The first-order valence-corrected chi connectivity index (χ1v) is 12.3. The second-order valence-corrected chi connectivity index (χ2v) is 9.08. The summed E-state index contributed by atoms with van der Waals surface area (Å²) in [5.74, 6) is 0.389. The fraction of sp³-hybridized carbons (Fsp3) is 0.185. The maximum absolute atomic E-state index is 13.0. The van der Waals surface area contributed by atoms with Gasteiger partial charge in [-0.2, -0.15) is 0 Å². The van der Waals surface area contributed by atoms with E-state index in [2.05, 4.69) is 20.8 Å². The molecule has 0 aliphatic carbocycles. The Balaban J connectivity index is 1.43. The van der Waals surface area contributed by atoms with Gasteiger partial charge in [-0.15, -0.1) is 10.2 Å². The van der Waals surface area contributed by atoms with E-state index >= 15 is 0 Å². The molecule has 0 aliphatic rings. The lowest BCUT2D eigenvalue weighted by molar-refractivity contribution is -0.113. The van der Waals surface area contributed by atoms with Crippen molar-refractivity contribution in [3.63, 3.8) is 0 Å². The van der Waals surface area contributed by atoms with E-state index in [0.717, 1.165) is 22.6 Å². The van der Waals surface area contributed by atoms with Gasteiger partial charge in [-0.05, 0) is 50.1 Å². The van der Waals surface area contributed by atoms with Crippen molar-refractivity contribution in [3.05, 3.63) is 101 Å². The molecule has 4 aromatic rings. The highest BCUT2D eigenvalue weighted by Gasteiger charge is 2.18. The first-order chi connectivity index (χ1) is 16.9. The summed E-state index contributed by atoms with van der Waals surface area (Å²) < 4.78 is 1.94. The van der Waals surface area contributed by atoms with Gasteiger partial charge < -0.3 is 10.6 Å². The van der Waals surface area contributed by atoms with Gasteiger partial charge in [0.05, 0.1) is 28.7 Å². The fourth-order valence-corrected chi connectivity index (χ4v) is 4.52. The van der Waals surface area contributed by atoms with E-state index in [-0.39, 0.29) is 23.6 Å². The molecule has 0 saturated heterocycles. The molecule has 2 N–H and O–H groups in total. The summed E-state index contributed by atoms with van der Waals surface area (Å²) in [6, 6.07) is 24.5. The zero-order valence-corrected chi connectivity index (χ0v) is 20.7. The van der Waals surface area contributed by atoms with Crippen LogP contribution < -0.4 is 10.6 Å². The quantitative estimate of drug-likeness (QED) is 0.339. The van der Waals surface area contributed by atoms with Crippen molar-refractivity contribution in [2.24, 2.45) is 0 Å². The lowest BCUT2D eigenvalue weighted by atomic mass is 10.1. The van der Waals surface area contributed by atoms with Crippen LogP contribution >= 0.6 is 11.8 Å². The number of carbonyl (C=O) groups is 2. The average molecular weight is 486 g/mol. The maximum Gasteiger partial charge on any atom is 0.253 e. The minimum Gasteiger partial charge on any atom is -0.345 e. The van der Waals surface area contributed by atoms with Crippen LogP contribution in [0.5, 0.6) is 0 Å². The summed E-state index contributed by atoms with van der Waals surface area (Å²) >= 11 is 1.30. The number of benzene rings is 3. The average Bonchev–Trinajstić information content (AvgIpc) is 3.23. The van der Waals surface area contributed by atoms with Crippen LogP contribution in [0.25, 0.3) is 5.69 Å². The number of aryl methyl sites for hydroxylation is 2. The third kappa shape index (κ3) is 5.78. The topological polar surface area (TPSA) is 88.9 Å². The Morgan fingerprint density at radius 1 is 0.914 bits per heavy atom. The molecular weight excluding hydrogens is 458 g/mol. The third-order valence-electron chi connectivity index (χ3n) is 5.58. The minimum atomic E-state index is -0.250. The Kier molecular flexibility index (Phi) is 7.62. The summed E-state index contributed by atoms with van der Waals surface area (Å²) in [5, 5.41) is 15.0. The van der Waals surface area contributed by atoms with Gasteiger partial charge in [0.15, 0.2) is 5.16 Å². The molecule has 0 saturated carbocycles. The summed E-state index contributed by atoms with van der Waals surface area (Å²) in [6.07, 6.45) is 0. The zero-order valence-electron chi connectivity index (χ0n) is 19.9. The van der Waals surface area contributed by atoms with Crippen molar-refractivity contribution in [1.82, 2.24) is 20.1 Å². The normalized spacial score (nSPS) is 11.6. The Morgan fingerprint density at radius 2 is 1.60 bits per heavy atom. The predicted octanol–water partition coefficient (Wildman–Crippen LogP) is 5.11. The molecule has 7 nitrogen and oxygen atoms in total. The van der Waals surface area contributed by atoms with Crippen LogP contribution in [0.1, 0.15) is 40.3 Å². The van der Waals surface area contributed by atoms with Crippen LogP contribution in [-0.2, 0) is 4.79 Å². The summed E-state index contributed by atoms with van der Waals surface area (Å²) in [4.78, 5) is 25.8. The van der Waals surface area contributed by atoms with Crippen LogP contribution in [0.15, 0.2) is 84.0 Å². The van der Waals surface area contributed by atoms with Crippen LogP contribution in [0.2, 0.25) is 0 Å². The van der Waals surface area contributed by atoms with E-state index in [4.69, 9.17) is 0 Å². The molecule has 2 amide bonds. The monoisotopic (exact) mass is 485 g/mol. The number of thioether (sulfide) groups is 1. The van der Waals surface area contributed by atoms with Crippen LogP contribution in [0, 0.1) is 13.8 Å². The van der Waals surface area contributed by atoms with E-state index < -0.39 is 0 Å². The highest BCUT2D eigenvalue weighted by molar-refractivity contribution is 7.99. The SMILES string of the molecule is Cc1ccccc1-n1c(C)nnc1SCC(=O)Nc1ccccc1C(=O)NC(C)c1ccccc1. The number of nitrogens with one attached hydrogen (secondary N) is 2. The van der Waals surface area contributed by atoms with E-state index in [0.29, 0.717) is 16.4 Å². The molecule has 0 spiro atoms. The molecule has 0 fully saturated rings. The number of hydrogen-bond donors (Lipinski definition) is 2. The van der Waals surface area contributed by atoms with Crippen molar-refractivity contribution < 1.29 is 9.59 Å². The van der Waals surface area contributed by atoms with Crippen molar-refractivity contribution in [3.8, 4) is 5.69 Å². The number of nitrogens with zero attached hydrogens (tertiary/aromatic N) is 3. The zero-order chi connectivity index (χ0) is 24.8. The molecule has 1 atom stereocenters. The predicted molar refractivity (Wildman–Crippen MR) is 139 cm³/mol. The second-order valence-electron chi connectivity index (χ2n) is 8.14. The number of para-hydroxylation sites is 2. The molecule has 35 heavy (non-hydrogen) atoms. The van der Waals surface area contributed by atoms with Gasteiger partial charge >= 0.3 is 0 Å². The molecule has 178 valence electrons. The number of aromatic nitrogens is 3. The van der Waals surface area contributed by atoms with Crippen LogP contribution in [0.3, 0.4) is 0 Å². The second kappa shape index (κ2) is 11.0. The number of carbonyl (C=O) groups excluding carboxylic acids is 2. The Morgan fingerprint density at radius 3 is 2.37 bits per heavy atom. The Labute approximate surface area is 209 Å².